The summed E-state index contributed by atoms with van der Waals surface area (Å²) in [5.74, 6) is 0.834. The van der Waals surface area contributed by atoms with E-state index in [1.165, 1.54) is 0 Å². The SMILES string of the molecule is COc1ccc([C@@H](C)Nc2ccc(NS(=O)(=O)C3CCCCC3)cc2)cc1. The van der Waals surface area contributed by atoms with Crippen molar-refractivity contribution in [3.8, 4) is 5.75 Å². The number of ether oxygens (including phenoxy) is 1. The Hall–Kier alpha value is -2.21. The molecule has 0 spiro atoms. The maximum Gasteiger partial charge on any atom is 0.235 e. The van der Waals surface area contributed by atoms with Crippen LogP contribution in [0.15, 0.2) is 48.5 Å². The molecule has 0 amide bonds. The molecule has 0 radical (unpaired) electrons. The molecule has 0 saturated heterocycles. The summed E-state index contributed by atoms with van der Waals surface area (Å²) in [6, 6.07) is 15.5. The molecule has 1 atom stereocenters. The summed E-state index contributed by atoms with van der Waals surface area (Å²) < 4.78 is 33.0. The smallest absolute Gasteiger partial charge is 0.235 e. The first kappa shape index (κ1) is 19.5. The third kappa shape index (κ3) is 5.16. The Morgan fingerprint density at radius 2 is 1.52 bits per heavy atom. The zero-order chi connectivity index (χ0) is 19.3. The summed E-state index contributed by atoms with van der Waals surface area (Å²) in [5, 5.41) is 3.17. The molecule has 1 saturated carbocycles. The molecule has 1 aliphatic rings. The lowest BCUT2D eigenvalue weighted by Gasteiger charge is -2.22. The van der Waals surface area contributed by atoms with Crippen molar-refractivity contribution in [1.82, 2.24) is 0 Å². The lowest BCUT2D eigenvalue weighted by Crippen LogP contribution is -2.29. The predicted octanol–water partition coefficient (Wildman–Crippen LogP) is 4.94. The molecule has 5 nitrogen and oxygen atoms in total. The van der Waals surface area contributed by atoms with Crippen molar-refractivity contribution in [1.29, 1.82) is 0 Å². The Labute approximate surface area is 162 Å². The first-order chi connectivity index (χ1) is 13.0. The molecule has 0 unspecified atom stereocenters. The number of rotatable bonds is 7. The molecular formula is C21H28N2O3S. The number of hydrogen-bond acceptors (Lipinski definition) is 4. The normalized spacial score (nSPS) is 16.5. The topological polar surface area (TPSA) is 67.4 Å². The van der Waals surface area contributed by atoms with E-state index in [2.05, 4.69) is 17.0 Å². The molecule has 3 rings (SSSR count). The average Bonchev–Trinajstić information content (AvgIpc) is 2.70. The van der Waals surface area contributed by atoms with Crippen molar-refractivity contribution < 1.29 is 13.2 Å². The van der Waals surface area contributed by atoms with Crippen LogP contribution in [0.5, 0.6) is 5.75 Å². The monoisotopic (exact) mass is 388 g/mol. The third-order valence-electron chi connectivity index (χ3n) is 5.14. The van der Waals surface area contributed by atoms with Crippen LogP contribution in [0.1, 0.15) is 50.6 Å². The van der Waals surface area contributed by atoms with Gasteiger partial charge >= 0.3 is 0 Å². The average molecular weight is 389 g/mol. The molecule has 0 bridgehead atoms. The molecule has 6 heteroatoms. The lowest BCUT2D eigenvalue weighted by atomic mass is 10.0. The van der Waals surface area contributed by atoms with E-state index in [-0.39, 0.29) is 11.3 Å². The second kappa shape index (κ2) is 8.65. The minimum Gasteiger partial charge on any atom is -0.497 e. The van der Waals surface area contributed by atoms with Gasteiger partial charge < -0.3 is 10.1 Å². The fourth-order valence-corrected chi connectivity index (χ4v) is 5.07. The van der Waals surface area contributed by atoms with Crippen LogP contribution in [-0.2, 0) is 10.0 Å². The highest BCUT2D eigenvalue weighted by molar-refractivity contribution is 7.93. The van der Waals surface area contributed by atoms with Crippen LogP contribution >= 0.6 is 0 Å². The van der Waals surface area contributed by atoms with Gasteiger partial charge in [-0.3, -0.25) is 4.72 Å². The van der Waals surface area contributed by atoms with Gasteiger partial charge in [-0.05, 0) is 61.7 Å². The molecule has 2 N–H and O–H groups in total. The van der Waals surface area contributed by atoms with Crippen molar-refractivity contribution >= 4 is 21.4 Å². The van der Waals surface area contributed by atoms with Crippen molar-refractivity contribution in [2.24, 2.45) is 0 Å². The van der Waals surface area contributed by atoms with E-state index in [9.17, 15) is 8.42 Å². The van der Waals surface area contributed by atoms with Crippen molar-refractivity contribution in [3.63, 3.8) is 0 Å². The van der Waals surface area contributed by atoms with Crippen molar-refractivity contribution in [3.05, 3.63) is 54.1 Å². The lowest BCUT2D eigenvalue weighted by molar-refractivity contribution is 0.414. The van der Waals surface area contributed by atoms with Gasteiger partial charge in [0.2, 0.25) is 10.0 Å². The quantitative estimate of drug-likeness (QED) is 0.705. The number of anilines is 2. The predicted molar refractivity (Wildman–Crippen MR) is 111 cm³/mol. The fourth-order valence-electron chi connectivity index (χ4n) is 3.48. The van der Waals surface area contributed by atoms with Crippen LogP contribution in [0.2, 0.25) is 0 Å². The minimum absolute atomic E-state index is 0.126. The summed E-state index contributed by atoms with van der Waals surface area (Å²) in [6.07, 6.45) is 4.65. The Morgan fingerprint density at radius 1 is 0.926 bits per heavy atom. The summed E-state index contributed by atoms with van der Waals surface area (Å²) in [7, 11) is -1.65. The molecule has 2 aromatic rings. The van der Waals surface area contributed by atoms with E-state index in [0.717, 1.165) is 49.1 Å². The van der Waals surface area contributed by atoms with Crippen LogP contribution in [0, 0.1) is 0 Å². The highest BCUT2D eigenvalue weighted by Crippen LogP contribution is 2.26. The zero-order valence-electron chi connectivity index (χ0n) is 15.9. The van der Waals surface area contributed by atoms with E-state index >= 15 is 0 Å². The molecule has 1 fully saturated rings. The second-order valence-electron chi connectivity index (χ2n) is 7.12. The summed E-state index contributed by atoms with van der Waals surface area (Å²) in [6.45, 7) is 2.08. The van der Waals surface area contributed by atoms with E-state index in [4.69, 9.17) is 4.74 Å². The van der Waals surface area contributed by atoms with E-state index in [1.807, 2.05) is 48.5 Å². The maximum absolute atomic E-state index is 12.5. The molecule has 0 aliphatic heterocycles. The summed E-state index contributed by atoms with van der Waals surface area (Å²) >= 11 is 0. The van der Waals surface area contributed by atoms with E-state index in [0.29, 0.717) is 5.69 Å². The first-order valence-electron chi connectivity index (χ1n) is 9.50. The van der Waals surface area contributed by atoms with Crippen LogP contribution in [0.4, 0.5) is 11.4 Å². The van der Waals surface area contributed by atoms with Gasteiger partial charge in [-0.1, -0.05) is 31.4 Å². The molecule has 27 heavy (non-hydrogen) atoms. The number of benzene rings is 2. The number of hydrogen-bond donors (Lipinski definition) is 2. The first-order valence-corrected chi connectivity index (χ1v) is 11.0. The van der Waals surface area contributed by atoms with Gasteiger partial charge in [0.25, 0.3) is 0 Å². The summed E-state index contributed by atoms with van der Waals surface area (Å²) in [4.78, 5) is 0. The Kier molecular flexibility index (Phi) is 6.26. The second-order valence-corrected chi connectivity index (χ2v) is 9.08. The van der Waals surface area contributed by atoms with Crippen molar-refractivity contribution in [2.45, 2.75) is 50.3 Å². The van der Waals surface area contributed by atoms with Gasteiger partial charge in [0.05, 0.1) is 12.4 Å². The molecule has 2 aromatic carbocycles. The van der Waals surface area contributed by atoms with Crippen LogP contribution in [-0.4, -0.2) is 20.8 Å². The fraction of sp³-hybridized carbons (Fsp3) is 0.429. The van der Waals surface area contributed by atoms with Gasteiger partial charge in [0.15, 0.2) is 0 Å². The van der Waals surface area contributed by atoms with Gasteiger partial charge in [0.1, 0.15) is 5.75 Å². The molecule has 0 aromatic heterocycles. The highest BCUT2D eigenvalue weighted by atomic mass is 32.2. The van der Waals surface area contributed by atoms with Gasteiger partial charge in [-0.15, -0.1) is 0 Å². The van der Waals surface area contributed by atoms with Crippen LogP contribution < -0.4 is 14.8 Å². The number of methoxy groups -OCH3 is 1. The standard InChI is InChI=1S/C21H28N2O3S/c1-16(17-8-14-20(26-2)15-9-17)22-18-10-12-19(13-11-18)23-27(24,25)21-6-4-3-5-7-21/h8-16,21-23H,3-7H2,1-2H3/t16-/m1/s1. The molecule has 146 valence electrons. The van der Waals surface area contributed by atoms with Gasteiger partial charge in [0, 0.05) is 17.4 Å². The van der Waals surface area contributed by atoms with E-state index < -0.39 is 10.0 Å². The van der Waals surface area contributed by atoms with Gasteiger partial charge in [-0.2, -0.15) is 0 Å². The van der Waals surface area contributed by atoms with Crippen molar-refractivity contribution in [2.75, 3.05) is 17.1 Å². The highest BCUT2D eigenvalue weighted by Gasteiger charge is 2.27. The Bertz CT molecular complexity index is 827. The number of nitrogens with one attached hydrogen (secondary N) is 2. The Morgan fingerprint density at radius 3 is 2.11 bits per heavy atom. The molecular weight excluding hydrogens is 360 g/mol. The molecule has 1 aliphatic carbocycles. The van der Waals surface area contributed by atoms with Crippen LogP contribution in [0.3, 0.4) is 0 Å². The summed E-state index contributed by atoms with van der Waals surface area (Å²) in [5.41, 5.74) is 2.71. The zero-order valence-corrected chi connectivity index (χ0v) is 16.8. The van der Waals surface area contributed by atoms with Gasteiger partial charge in [-0.25, -0.2) is 8.42 Å². The minimum atomic E-state index is -3.30. The molecule has 0 heterocycles. The third-order valence-corrected chi connectivity index (χ3v) is 7.00. The number of sulfonamides is 1. The largest absolute Gasteiger partial charge is 0.497 e. The van der Waals surface area contributed by atoms with Crippen LogP contribution in [0.25, 0.3) is 0 Å². The van der Waals surface area contributed by atoms with E-state index in [1.54, 1.807) is 7.11 Å². The Balaban J connectivity index is 1.60. The maximum atomic E-state index is 12.5.